The third-order valence-corrected chi connectivity index (χ3v) is 5.37. The van der Waals surface area contributed by atoms with Crippen molar-refractivity contribution in [1.29, 1.82) is 0 Å². The lowest BCUT2D eigenvalue weighted by Gasteiger charge is -2.23. The van der Waals surface area contributed by atoms with E-state index in [9.17, 15) is 0 Å². The summed E-state index contributed by atoms with van der Waals surface area (Å²) in [6.45, 7) is 5.22. The van der Waals surface area contributed by atoms with Crippen LogP contribution in [0, 0.1) is 12.8 Å². The van der Waals surface area contributed by atoms with Gasteiger partial charge in [-0.3, -0.25) is 0 Å². The van der Waals surface area contributed by atoms with Crippen molar-refractivity contribution in [1.82, 2.24) is 14.7 Å². The second-order valence-corrected chi connectivity index (χ2v) is 6.65. The Balaban J connectivity index is 1.84. The summed E-state index contributed by atoms with van der Waals surface area (Å²) in [5.74, 6) is 2.91. The summed E-state index contributed by atoms with van der Waals surface area (Å²) in [4.78, 5) is 4.41. The molecule has 1 aromatic rings. The molecule has 0 spiro atoms. The molecule has 1 fully saturated rings. The monoisotopic (exact) mass is 271 g/mol. The van der Waals surface area contributed by atoms with Gasteiger partial charge < -0.3 is 5.32 Å². The van der Waals surface area contributed by atoms with Gasteiger partial charge in [0.15, 0.2) is 4.34 Å². The van der Waals surface area contributed by atoms with E-state index >= 15 is 0 Å². The van der Waals surface area contributed by atoms with E-state index in [1.807, 2.05) is 18.7 Å². The molecule has 1 aliphatic rings. The largest absolute Gasteiger partial charge is 0.313 e. The first kappa shape index (κ1) is 13.3. The van der Waals surface area contributed by atoms with Crippen LogP contribution in [0.3, 0.4) is 0 Å². The molecule has 1 aliphatic carbocycles. The molecule has 1 unspecified atom stereocenters. The molecule has 96 valence electrons. The SMILES string of the molecule is CCNC(CSc1nc(C)ns1)C1CCCC1. The molecule has 0 aromatic carbocycles. The Kier molecular flexibility index (Phi) is 5.25. The molecule has 1 heterocycles. The highest BCUT2D eigenvalue weighted by atomic mass is 32.2. The van der Waals surface area contributed by atoms with Crippen molar-refractivity contribution in [3.05, 3.63) is 5.82 Å². The van der Waals surface area contributed by atoms with Crippen molar-refractivity contribution in [3.8, 4) is 0 Å². The third-order valence-electron chi connectivity index (χ3n) is 3.33. The minimum absolute atomic E-state index is 0.650. The topological polar surface area (TPSA) is 37.8 Å². The lowest BCUT2D eigenvalue weighted by atomic mass is 10.00. The molecule has 3 nitrogen and oxygen atoms in total. The van der Waals surface area contributed by atoms with Crippen molar-refractivity contribution < 1.29 is 0 Å². The van der Waals surface area contributed by atoms with Crippen molar-refractivity contribution in [2.24, 2.45) is 5.92 Å². The van der Waals surface area contributed by atoms with Gasteiger partial charge in [0.2, 0.25) is 0 Å². The molecule has 0 saturated heterocycles. The van der Waals surface area contributed by atoms with E-state index in [2.05, 4.69) is 21.6 Å². The van der Waals surface area contributed by atoms with Crippen LogP contribution in [-0.2, 0) is 0 Å². The second kappa shape index (κ2) is 6.71. The van der Waals surface area contributed by atoms with Crippen molar-refractivity contribution in [3.63, 3.8) is 0 Å². The Labute approximate surface area is 112 Å². The molecular formula is C12H21N3S2. The molecule has 1 aromatic heterocycles. The highest BCUT2D eigenvalue weighted by Crippen LogP contribution is 2.31. The molecule has 0 radical (unpaired) electrons. The van der Waals surface area contributed by atoms with Gasteiger partial charge in [0.25, 0.3) is 0 Å². The van der Waals surface area contributed by atoms with Crippen LogP contribution in [0.1, 0.15) is 38.4 Å². The van der Waals surface area contributed by atoms with Crippen LogP contribution in [0.25, 0.3) is 0 Å². The first-order valence-electron chi connectivity index (χ1n) is 6.46. The van der Waals surface area contributed by atoms with Gasteiger partial charge in [-0.15, -0.1) is 0 Å². The highest BCUT2D eigenvalue weighted by Gasteiger charge is 2.24. The summed E-state index contributed by atoms with van der Waals surface area (Å²) < 4.78 is 5.34. The normalized spacial score (nSPS) is 18.7. The van der Waals surface area contributed by atoms with Gasteiger partial charge in [0, 0.05) is 11.8 Å². The van der Waals surface area contributed by atoms with E-state index in [1.165, 1.54) is 37.2 Å². The number of hydrogen-bond acceptors (Lipinski definition) is 5. The second-order valence-electron chi connectivity index (χ2n) is 4.63. The fourth-order valence-electron chi connectivity index (χ4n) is 2.48. The third kappa shape index (κ3) is 3.93. The average Bonchev–Trinajstić information content (AvgIpc) is 2.95. The molecule has 1 N–H and O–H groups in total. The number of thioether (sulfide) groups is 1. The molecule has 2 rings (SSSR count). The van der Waals surface area contributed by atoms with Crippen LogP contribution in [0.2, 0.25) is 0 Å². The van der Waals surface area contributed by atoms with E-state index in [1.54, 1.807) is 0 Å². The van der Waals surface area contributed by atoms with Gasteiger partial charge in [-0.2, -0.15) is 4.37 Å². The maximum absolute atomic E-state index is 4.41. The predicted molar refractivity (Wildman–Crippen MR) is 74.8 cm³/mol. The Morgan fingerprint density at radius 3 is 2.82 bits per heavy atom. The van der Waals surface area contributed by atoms with E-state index in [4.69, 9.17) is 0 Å². The molecule has 5 heteroatoms. The Bertz CT molecular complexity index is 334. The summed E-state index contributed by atoms with van der Waals surface area (Å²) in [7, 11) is 0. The number of aryl methyl sites for hydroxylation is 1. The summed E-state index contributed by atoms with van der Waals surface area (Å²) in [6.07, 6.45) is 5.62. The van der Waals surface area contributed by atoms with Crippen LogP contribution < -0.4 is 5.32 Å². The zero-order valence-corrected chi connectivity index (χ0v) is 12.2. The highest BCUT2D eigenvalue weighted by molar-refractivity contribution is 8.00. The van der Waals surface area contributed by atoms with Crippen molar-refractivity contribution in [2.75, 3.05) is 12.3 Å². The Morgan fingerprint density at radius 1 is 1.47 bits per heavy atom. The predicted octanol–water partition coefficient (Wildman–Crippen LogP) is 3.11. The quantitative estimate of drug-likeness (QED) is 0.807. The van der Waals surface area contributed by atoms with Crippen molar-refractivity contribution in [2.45, 2.75) is 49.9 Å². The van der Waals surface area contributed by atoms with Crippen LogP contribution in [0.15, 0.2) is 4.34 Å². The fourth-order valence-corrected chi connectivity index (χ4v) is 4.34. The summed E-state index contributed by atoms with van der Waals surface area (Å²) in [6, 6.07) is 0.650. The number of aromatic nitrogens is 2. The average molecular weight is 271 g/mol. The van der Waals surface area contributed by atoms with E-state index in [0.717, 1.165) is 28.4 Å². The van der Waals surface area contributed by atoms with Crippen LogP contribution in [0.5, 0.6) is 0 Å². The fraction of sp³-hybridized carbons (Fsp3) is 0.833. The van der Waals surface area contributed by atoms with Gasteiger partial charge in [0.1, 0.15) is 5.82 Å². The van der Waals surface area contributed by atoms with E-state index in [0.29, 0.717) is 6.04 Å². The molecule has 1 saturated carbocycles. The maximum Gasteiger partial charge on any atom is 0.170 e. The molecule has 1 atom stereocenters. The summed E-state index contributed by atoms with van der Waals surface area (Å²) >= 11 is 3.38. The number of nitrogens with zero attached hydrogens (tertiary/aromatic N) is 2. The van der Waals surface area contributed by atoms with Gasteiger partial charge in [-0.1, -0.05) is 31.5 Å². The molecule has 0 amide bonds. The minimum Gasteiger partial charge on any atom is -0.313 e. The van der Waals surface area contributed by atoms with E-state index in [-0.39, 0.29) is 0 Å². The Morgan fingerprint density at radius 2 is 2.24 bits per heavy atom. The first-order chi connectivity index (χ1) is 8.29. The molecular weight excluding hydrogens is 250 g/mol. The smallest absolute Gasteiger partial charge is 0.170 e. The molecule has 0 bridgehead atoms. The number of nitrogens with one attached hydrogen (secondary N) is 1. The van der Waals surface area contributed by atoms with Gasteiger partial charge in [-0.05, 0) is 43.8 Å². The molecule has 0 aliphatic heterocycles. The van der Waals surface area contributed by atoms with Crippen molar-refractivity contribution >= 4 is 23.3 Å². The number of rotatable bonds is 6. The number of hydrogen-bond donors (Lipinski definition) is 1. The van der Waals surface area contributed by atoms with Crippen LogP contribution in [-0.4, -0.2) is 27.7 Å². The summed E-state index contributed by atoms with van der Waals surface area (Å²) in [5, 5.41) is 3.64. The van der Waals surface area contributed by atoms with Gasteiger partial charge in [0.05, 0.1) is 0 Å². The zero-order valence-electron chi connectivity index (χ0n) is 10.6. The first-order valence-corrected chi connectivity index (χ1v) is 8.22. The minimum atomic E-state index is 0.650. The Hall–Kier alpha value is -0.130. The van der Waals surface area contributed by atoms with Crippen LogP contribution >= 0.6 is 23.3 Å². The lowest BCUT2D eigenvalue weighted by molar-refractivity contribution is 0.394. The lowest BCUT2D eigenvalue weighted by Crippen LogP contribution is -2.37. The van der Waals surface area contributed by atoms with Gasteiger partial charge in [-0.25, -0.2) is 4.98 Å². The standard InChI is InChI=1S/C12H21N3S2/c1-3-13-11(10-6-4-5-7-10)8-16-12-14-9(2)15-17-12/h10-11,13H,3-8H2,1-2H3. The maximum atomic E-state index is 4.41. The molecule has 17 heavy (non-hydrogen) atoms. The van der Waals surface area contributed by atoms with Crippen LogP contribution in [0.4, 0.5) is 0 Å². The zero-order chi connectivity index (χ0) is 12.1. The van der Waals surface area contributed by atoms with E-state index < -0.39 is 0 Å². The van der Waals surface area contributed by atoms with Gasteiger partial charge >= 0.3 is 0 Å². The summed E-state index contributed by atoms with van der Waals surface area (Å²) in [5.41, 5.74) is 0.